The van der Waals surface area contributed by atoms with E-state index in [9.17, 15) is 4.79 Å². The number of anilines is 1. The van der Waals surface area contributed by atoms with Gasteiger partial charge in [0.15, 0.2) is 0 Å². The van der Waals surface area contributed by atoms with Crippen molar-refractivity contribution in [2.45, 2.75) is 6.42 Å². The van der Waals surface area contributed by atoms with E-state index >= 15 is 0 Å². The van der Waals surface area contributed by atoms with Gasteiger partial charge in [-0.25, -0.2) is 0 Å². The van der Waals surface area contributed by atoms with Gasteiger partial charge in [-0.15, -0.1) is 0 Å². The second-order valence-corrected chi connectivity index (χ2v) is 5.89. The SMILES string of the molecule is O=C(Cc1cccc2ccccc12)Nc1cc(Cl)cc(Cl)c1. The van der Waals surface area contributed by atoms with E-state index in [2.05, 4.69) is 5.32 Å². The molecule has 0 unspecified atom stereocenters. The first-order valence-electron chi connectivity index (χ1n) is 6.84. The summed E-state index contributed by atoms with van der Waals surface area (Å²) >= 11 is 11.9. The van der Waals surface area contributed by atoms with E-state index in [0.29, 0.717) is 22.2 Å². The van der Waals surface area contributed by atoms with Crippen LogP contribution in [0.1, 0.15) is 5.56 Å². The molecule has 0 aliphatic heterocycles. The van der Waals surface area contributed by atoms with Crippen molar-refractivity contribution in [3.05, 3.63) is 76.3 Å². The third-order valence-electron chi connectivity index (χ3n) is 3.38. The van der Waals surface area contributed by atoms with Gasteiger partial charge >= 0.3 is 0 Å². The molecule has 0 atom stereocenters. The summed E-state index contributed by atoms with van der Waals surface area (Å²) in [5.74, 6) is -0.102. The van der Waals surface area contributed by atoms with Gasteiger partial charge in [0, 0.05) is 15.7 Å². The molecule has 0 radical (unpaired) electrons. The summed E-state index contributed by atoms with van der Waals surface area (Å²) in [5.41, 5.74) is 1.59. The van der Waals surface area contributed by atoms with Crippen LogP contribution in [-0.4, -0.2) is 5.91 Å². The Morgan fingerprint density at radius 1 is 0.909 bits per heavy atom. The molecule has 2 nitrogen and oxygen atoms in total. The standard InChI is InChI=1S/C18H13Cl2NO/c19-14-9-15(20)11-16(10-14)21-18(22)8-13-6-3-5-12-4-1-2-7-17(12)13/h1-7,9-11H,8H2,(H,21,22). The highest BCUT2D eigenvalue weighted by atomic mass is 35.5. The van der Waals surface area contributed by atoms with Crippen LogP contribution in [0.15, 0.2) is 60.7 Å². The highest BCUT2D eigenvalue weighted by Gasteiger charge is 2.08. The van der Waals surface area contributed by atoms with Crippen LogP contribution in [0.3, 0.4) is 0 Å². The minimum absolute atomic E-state index is 0.102. The molecule has 0 bridgehead atoms. The van der Waals surface area contributed by atoms with Crippen molar-refractivity contribution >= 4 is 45.6 Å². The summed E-state index contributed by atoms with van der Waals surface area (Å²) in [5, 5.41) is 6.03. The van der Waals surface area contributed by atoms with E-state index in [4.69, 9.17) is 23.2 Å². The number of fused-ring (bicyclic) bond motifs is 1. The van der Waals surface area contributed by atoms with Crippen molar-refractivity contribution in [3.8, 4) is 0 Å². The van der Waals surface area contributed by atoms with E-state index in [-0.39, 0.29) is 5.91 Å². The highest BCUT2D eigenvalue weighted by molar-refractivity contribution is 6.35. The molecule has 0 spiro atoms. The summed E-state index contributed by atoms with van der Waals surface area (Å²) in [6.45, 7) is 0. The number of hydrogen-bond acceptors (Lipinski definition) is 1. The lowest BCUT2D eigenvalue weighted by Crippen LogP contribution is -2.14. The molecule has 3 aromatic rings. The van der Waals surface area contributed by atoms with Crippen LogP contribution in [0.2, 0.25) is 10.0 Å². The van der Waals surface area contributed by atoms with Gasteiger partial charge in [0.1, 0.15) is 0 Å². The summed E-state index contributed by atoms with van der Waals surface area (Å²) in [7, 11) is 0. The molecular weight excluding hydrogens is 317 g/mol. The lowest BCUT2D eigenvalue weighted by atomic mass is 10.0. The molecular formula is C18H13Cl2NO. The minimum Gasteiger partial charge on any atom is -0.326 e. The van der Waals surface area contributed by atoms with Gasteiger partial charge < -0.3 is 5.32 Å². The normalized spacial score (nSPS) is 10.6. The maximum absolute atomic E-state index is 12.3. The van der Waals surface area contributed by atoms with E-state index in [1.165, 1.54) is 0 Å². The van der Waals surface area contributed by atoms with Gasteiger partial charge in [-0.2, -0.15) is 0 Å². The van der Waals surface area contributed by atoms with Gasteiger partial charge in [-0.1, -0.05) is 65.7 Å². The van der Waals surface area contributed by atoms with Crippen LogP contribution in [0, 0.1) is 0 Å². The van der Waals surface area contributed by atoms with Gasteiger partial charge in [0.2, 0.25) is 5.91 Å². The Morgan fingerprint density at radius 2 is 1.59 bits per heavy atom. The van der Waals surface area contributed by atoms with Crippen molar-refractivity contribution in [2.24, 2.45) is 0 Å². The number of halogens is 2. The van der Waals surface area contributed by atoms with E-state index in [1.807, 2.05) is 42.5 Å². The van der Waals surface area contributed by atoms with Crippen molar-refractivity contribution in [3.63, 3.8) is 0 Å². The number of benzene rings is 3. The number of carbonyl (C=O) groups is 1. The second kappa shape index (κ2) is 6.39. The molecule has 3 rings (SSSR count). The number of rotatable bonds is 3. The summed E-state index contributed by atoms with van der Waals surface area (Å²) in [6.07, 6.45) is 0.297. The molecule has 3 aromatic carbocycles. The predicted octanol–water partition coefficient (Wildman–Crippen LogP) is 5.33. The fourth-order valence-corrected chi connectivity index (χ4v) is 2.98. The van der Waals surface area contributed by atoms with Crippen LogP contribution in [0.4, 0.5) is 5.69 Å². The Morgan fingerprint density at radius 3 is 2.36 bits per heavy atom. The molecule has 0 saturated heterocycles. The van der Waals surface area contributed by atoms with Crippen LogP contribution in [0.25, 0.3) is 10.8 Å². The van der Waals surface area contributed by atoms with Gasteiger partial charge in [-0.05, 0) is 34.5 Å². The molecule has 0 aliphatic carbocycles. The van der Waals surface area contributed by atoms with Gasteiger partial charge in [-0.3, -0.25) is 4.79 Å². The molecule has 0 heterocycles. The third kappa shape index (κ3) is 3.41. The summed E-state index contributed by atoms with van der Waals surface area (Å²) in [6, 6.07) is 19.0. The lowest BCUT2D eigenvalue weighted by molar-refractivity contribution is -0.115. The molecule has 0 fully saturated rings. The fourth-order valence-electron chi connectivity index (χ4n) is 2.45. The molecule has 110 valence electrons. The Labute approximate surface area is 138 Å². The Bertz CT molecular complexity index is 820. The molecule has 1 N–H and O–H groups in total. The Hall–Kier alpha value is -2.03. The molecule has 4 heteroatoms. The fraction of sp³-hybridized carbons (Fsp3) is 0.0556. The zero-order valence-electron chi connectivity index (χ0n) is 11.6. The minimum atomic E-state index is -0.102. The first kappa shape index (κ1) is 14.9. The molecule has 1 amide bonds. The average molecular weight is 330 g/mol. The summed E-state index contributed by atoms with van der Waals surface area (Å²) in [4.78, 5) is 12.3. The number of hydrogen-bond donors (Lipinski definition) is 1. The van der Waals surface area contributed by atoms with Crippen molar-refractivity contribution < 1.29 is 4.79 Å². The molecule has 22 heavy (non-hydrogen) atoms. The number of amides is 1. The van der Waals surface area contributed by atoms with E-state index < -0.39 is 0 Å². The second-order valence-electron chi connectivity index (χ2n) is 5.02. The topological polar surface area (TPSA) is 29.1 Å². The lowest BCUT2D eigenvalue weighted by Gasteiger charge is -2.08. The van der Waals surface area contributed by atoms with E-state index in [1.54, 1.807) is 18.2 Å². The first-order chi connectivity index (χ1) is 10.6. The Kier molecular flexibility index (Phi) is 4.32. The first-order valence-corrected chi connectivity index (χ1v) is 7.60. The monoisotopic (exact) mass is 329 g/mol. The predicted molar refractivity (Wildman–Crippen MR) is 92.7 cm³/mol. The molecule has 0 aliphatic rings. The third-order valence-corrected chi connectivity index (χ3v) is 3.81. The average Bonchev–Trinajstić information content (AvgIpc) is 2.46. The largest absolute Gasteiger partial charge is 0.326 e. The molecule has 0 aromatic heterocycles. The van der Waals surface area contributed by atoms with E-state index in [0.717, 1.165) is 16.3 Å². The maximum atomic E-state index is 12.3. The van der Waals surface area contributed by atoms with Crippen molar-refractivity contribution in [1.82, 2.24) is 0 Å². The quantitative estimate of drug-likeness (QED) is 0.691. The van der Waals surface area contributed by atoms with Gasteiger partial charge in [0.25, 0.3) is 0 Å². The number of carbonyl (C=O) groups excluding carboxylic acids is 1. The molecule has 0 saturated carbocycles. The Balaban J connectivity index is 1.81. The highest BCUT2D eigenvalue weighted by Crippen LogP contribution is 2.23. The van der Waals surface area contributed by atoms with Crippen molar-refractivity contribution in [2.75, 3.05) is 5.32 Å². The van der Waals surface area contributed by atoms with Crippen LogP contribution >= 0.6 is 23.2 Å². The summed E-state index contributed by atoms with van der Waals surface area (Å²) < 4.78 is 0. The van der Waals surface area contributed by atoms with Crippen LogP contribution in [0.5, 0.6) is 0 Å². The van der Waals surface area contributed by atoms with Crippen LogP contribution in [-0.2, 0) is 11.2 Å². The van der Waals surface area contributed by atoms with Crippen molar-refractivity contribution in [1.29, 1.82) is 0 Å². The number of nitrogens with one attached hydrogen (secondary N) is 1. The van der Waals surface area contributed by atoms with Gasteiger partial charge in [0.05, 0.1) is 6.42 Å². The maximum Gasteiger partial charge on any atom is 0.228 e. The zero-order chi connectivity index (χ0) is 15.5. The van der Waals surface area contributed by atoms with Crippen LogP contribution < -0.4 is 5.32 Å². The smallest absolute Gasteiger partial charge is 0.228 e. The zero-order valence-corrected chi connectivity index (χ0v) is 13.2.